The standard InChI is InChI=1S/C21H21O4P.C3H9N/c1-16-10-4-7-13-19(16)23-26(22,24-20-14-8-5-11-17(20)2)25-21-15-9-6-12-18(21)3;1-3-4-2/h4-15H,1-3H3;4H,3H2,1-2H3. The van der Waals surface area contributed by atoms with Crippen molar-refractivity contribution in [3.8, 4) is 17.2 Å². The lowest BCUT2D eigenvalue weighted by Crippen LogP contribution is -2.09. The van der Waals surface area contributed by atoms with E-state index in [4.69, 9.17) is 13.6 Å². The number of hydrogen-bond acceptors (Lipinski definition) is 5. The number of hydrogen-bond donors (Lipinski definition) is 1. The molecule has 3 aromatic carbocycles. The van der Waals surface area contributed by atoms with Crippen LogP contribution in [-0.4, -0.2) is 13.6 Å². The van der Waals surface area contributed by atoms with E-state index in [1.807, 2.05) is 82.4 Å². The van der Waals surface area contributed by atoms with Gasteiger partial charge in [0.2, 0.25) is 0 Å². The van der Waals surface area contributed by atoms with Crippen molar-refractivity contribution in [2.24, 2.45) is 0 Å². The molecule has 0 atom stereocenters. The van der Waals surface area contributed by atoms with E-state index < -0.39 is 7.82 Å². The van der Waals surface area contributed by atoms with E-state index in [0.29, 0.717) is 17.2 Å². The first kappa shape index (κ1) is 23.5. The molecule has 0 saturated heterocycles. The summed E-state index contributed by atoms with van der Waals surface area (Å²) in [4.78, 5) is 0. The number of aryl methyl sites for hydroxylation is 3. The van der Waals surface area contributed by atoms with E-state index in [0.717, 1.165) is 23.2 Å². The third-order valence-corrected chi connectivity index (χ3v) is 5.53. The zero-order valence-corrected chi connectivity index (χ0v) is 19.1. The Morgan fingerprint density at radius 1 is 0.667 bits per heavy atom. The summed E-state index contributed by atoms with van der Waals surface area (Å²) in [5.74, 6) is 1.37. The van der Waals surface area contributed by atoms with Crippen LogP contribution in [0.2, 0.25) is 0 Å². The van der Waals surface area contributed by atoms with Crippen molar-refractivity contribution in [2.75, 3.05) is 13.6 Å². The first-order valence-corrected chi connectivity index (χ1v) is 11.3. The lowest BCUT2D eigenvalue weighted by atomic mass is 10.2. The Morgan fingerprint density at radius 2 is 0.933 bits per heavy atom. The fourth-order valence-electron chi connectivity index (χ4n) is 2.39. The Bertz CT molecular complexity index is 866. The number of phosphoric acid groups is 1. The minimum atomic E-state index is -3.97. The maximum Gasteiger partial charge on any atom is 0.647 e. The van der Waals surface area contributed by atoms with Gasteiger partial charge in [0, 0.05) is 0 Å². The summed E-state index contributed by atoms with van der Waals surface area (Å²) < 4.78 is 30.8. The van der Waals surface area contributed by atoms with E-state index in [9.17, 15) is 4.57 Å². The maximum absolute atomic E-state index is 13.5. The van der Waals surface area contributed by atoms with Gasteiger partial charge in [0.1, 0.15) is 17.2 Å². The summed E-state index contributed by atoms with van der Waals surface area (Å²) in [5.41, 5.74) is 2.53. The van der Waals surface area contributed by atoms with Crippen LogP contribution in [0.5, 0.6) is 17.2 Å². The number of para-hydroxylation sites is 3. The summed E-state index contributed by atoms with van der Waals surface area (Å²) in [6.45, 7) is 8.77. The van der Waals surface area contributed by atoms with E-state index in [2.05, 4.69) is 12.2 Å². The first-order valence-electron chi connectivity index (χ1n) is 9.89. The van der Waals surface area contributed by atoms with Crippen molar-refractivity contribution < 1.29 is 18.1 Å². The van der Waals surface area contributed by atoms with Gasteiger partial charge in [0.25, 0.3) is 0 Å². The van der Waals surface area contributed by atoms with E-state index in [1.54, 1.807) is 18.2 Å². The van der Waals surface area contributed by atoms with Gasteiger partial charge >= 0.3 is 7.82 Å². The van der Waals surface area contributed by atoms with Crippen molar-refractivity contribution in [1.82, 2.24) is 5.32 Å². The van der Waals surface area contributed by atoms with Crippen molar-refractivity contribution in [2.45, 2.75) is 27.7 Å². The number of nitrogens with one attached hydrogen (secondary N) is 1. The first-order chi connectivity index (χ1) is 14.4. The van der Waals surface area contributed by atoms with Crippen molar-refractivity contribution in [3.05, 3.63) is 89.5 Å². The van der Waals surface area contributed by atoms with Crippen LogP contribution in [0.15, 0.2) is 72.8 Å². The molecule has 1 N–H and O–H groups in total. The molecule has 0 saturated carbocycles. The van der Waals surface area contributed by atoms with Crippen LogP contribution in [0.1, 0.15) is 23.6 Å². The van der Waals surface area contributed by atoms with E-state index >= 15 is 0 Å². The summed E-state index contributed by atoms with van der Waals surface area (Å²) >= 11 is 0. The second-order valence-electron chi connectivity index (χ2n) is 6.72. The van der Waals surface area contributed by atoms with Gasteiger partial charge in [-0.2, -0.15) is 4.57 Å². The zero-order chi connectivity index (χ0) is 22.0. The highest BCUT2D eigenvalue weighted by Crippen LogP contribution is 2.51. The van der Waals surface area contributed by atoms with Crippen LogP contribution in [0.4, 0.5) is 0 Å². The average molecular weight is 427 g/mol. The average Bonchev–Trinajstić information content (AvgIpc) is 2.73. The maximum atomic E-state index is 13.5. The molecular formula is C24H30NO4P. The molecule has 0 amide bonds. The van der Waals surface area contributed by atoms with Gasteiger partial charge in [0.15, 0.2) is 0 Å². The zero-order valence-electron chi connectivity index (χ0n) is 18.2. The summed E-state index contributed by atoms with van der Waals surface area (Å²) in [6, 6.07) is 22.0. The van der Waals surface area contributed by atoms with Crippen LogP contribution in [0, 0.1) is 20.8 Å². The van der Waals surface area contributed by atoms with Gasteiger partial charge in [-0.05, 0) is 69.3 Å². The van der Waals surface area contributed by atoms with Crippen LogP contribution < -0.4 is 18.9 Å². The molecule has 0 fully saturated rings. The Labute approximate surface area is 179 Å². The van der Waals surface area contributed by atoms with E-state index in [1.165, 1.54) is 0 Å². The lowest BCUT2D eigenvalue weighted by Gasteiger charge is -2.21. The SMILES string of the molecule is CCNC.Cc1ccccc1OP(=O)(Oc1ccccc1C)Oc1ccccc1C. The fraction of sp³-hybridized carbons (Fsp3) is 0.250. The Kier molecular flexibility index (Phi) is 8.97. The predicted octanol–water partition coefficient (Wildman–Crippen LogP) is 6.48. The number of benzene rings is 3. The monoisotopic (exact) mass is 427 g/mol. The van der Waals surface area contributed by atoms with Gasteiger partial charge in [-0.25, -0.2) is 0 Å². The highest BCUT2D eigenvalue weighted by atomic mass is 31.2. The van der Waals surface area contributed by atoms with Gasteiger partial charge in [0.05, 0.1) is 0 Å². The summed E-state index contributed by atoms with van der Waals surface area (Å²) in [7, 11) is -2.04. The minimum absolute atomic E-state index is 0.456. The molecule has 6 heteroatoms. The van der Waals surface area contributed by atoms with Gasteiger partial charge in [-0.1, -0.05) is 61.5 Å². The number of phosphoric ester groups is 1. The molecule has 0 aromatic heterocycles. The quantitative estimate of drug-likeness (QED) is 0.437. The lowest BCUT2D eigenvalue weighted by molar-refractivity contribution is 0.296. The second kappa shape index (κ2) is 11.4. The molecule has 0 unspecified atom stereocenters. The Balaban J connectivity index is 0.000000735. The third-order valence-electron chi connectivity index (χ3n) is 4.26. The smallest absolute Gasteiger partial charge is 0.386 e. The fourth-order valence-corrected chi connectivity index (χ4v) is 3.84. The van der Waals surface area contributed by atoms with Crippen LogP contribution in [0.3, 0.4) is 0 Å². The summed E-state index contributed by atoms with van der Waals surface area (Å²) in [5, 5.41) is 2.93. The molecule has 3 rings (SSSR count). The molecule has 0 heterocycles. The molecule has 0 aliphatic rings. The molecule has 0 radical (unpaired) electrons. The molecule has 3 aromatic rings. The molecule has 0 aliphatic heterocycles. The van der Waals surface area contributed by atoms with Crippen LogP contribution in [-0.2, 0) is 4.57 Å². The molecular weight excluding hydrogens is 397 g/mol. The molecule has 30 heavy (non-hydrogen) atoms. The molecule has 0 spiro atoms. The van der Waals surface area contributed by atoms with Crippen LogP contribution in [0.25, 0.3) is 0 Å². The van der Waals surface area contributed by atoms with Gasteiger partial charge < -0.3 is 18.9 Å². The molecule has 0 bridgehead atoms. The summed E-state index contributed by atoms with van der Waals surface area (Å²) in [6.07, 6.45) is 0. The number of rotatable bonds is 7. The molecule has 5 nitrogen and oxygen atoms in total. The van der Waals surface area contributed by atoms with Crippen LogP contribution >= 0.6 is 7.82 Å². The van der Waals surface area contributed by atoms with Gasteiger partial charge in [-0.3, -0.25) is 0 Å². The topological polar surface area (TPSA) is 56.8 Å². The predicted molar refractivity (Wildman–Crippen MR) is 123 cm³/mol. The normalized spacial score (nSPS) is 10.6. The second-order valence-corrected chi connectivity index (χ2v) is 8.17. The van der Waals surface area contributed by atoms with Crippen molar-refractivity contribution in [1.29, 1.82) is 0 Å². The molecule has 0 aliphatic carbocycles. The molecule has 160 valence electrons. The Morgan fingerprint density at radius 3 is 1.17 bits per heavy atom. The van der Waals surface area contributed by atoms with Crippen molar-refractivity contribution >= 4 is 7.82 Å². The highest BCUT2D eigenvalue weighted by molar-refractivity contribution is 7.49. The third kappa shape index (κ3) is 6.94. The van der Waals surface area contributed by atoms with E-state index in [-0.39, 0.29) is 0 Å². The Hall–Kier alpha value is -2.75. The largest absolute Gasteiger partial charge is 0.647 e. The highest BCUT2D eigenvalue weighted by Gasteiger charge is 2.34. The van der Waals surface area contributed by atoms with Gasteiger partial charge in [-0.15, -0.1) is 0 Å². The minimum Gasteiger partial charge on any atom is -0.386 e. The van der Waals surface area contributed by atoms with Crippen molar-refractivity contribution in [3.63, 3.8) is 0 Å².